The van der Waals surface area contributed by atoms with Gasteiger partial charge in [0.2, 0.25) is 0 Å². The summed E-state index contributed by atoms with van der Waals surface area (Å²) < 4.78 is 1.16. The lowest BCUT2D eigenvalue weighted by molar-refractivity contribution is 0.0693. The minimum atomic E-state index is -1.21. The first kappa shape index (κ1) is 9.44. The third-order valence-corrected chi connectivity index (χ3v) is 1.58. The minimum absolute atomic E-state index is 0.233. The van der Waals surface area contributed by atoms with Gasteiger partial charge < -0.3 is 5.11 Å². The minimum Gasteiger partial charge on any atom is -0.477 e. The Morgan fingerprint density at radius 2 is 2.38 bits per heavy atom. The van der Waals surface area contributed by atoms with Crippen molar-refractivity contribution < 1.29 is 9.90 Å². The molecule has 0 radical (unpaired) electrons. The molecule has 1 rings (SSSR count). The summed E-state index contributed by atoms with van der Waals surface area (Å²) in [5.41, 5.74) is -0.777. The number of carbonyl (C=O) groups is 1. The molecule has 5 nitrogen and oxygen atoms in total. The van der Waals surface area contributed by atoms with Gasteiger partial charge in [0.25, 0.3) is 5.56 Å². The molecular formula is C8H10N2O3. The van der Waals surface area contributed by atoms with E-state index in [-0.39, 0.29) is 5.56 Å². The molecule has 0 saturated heterocycles. The second-order valence-electron chi connectivity index (χ2n) is 2.58. The van der Waals surface area contributed by atoms with Crippen molar-refractivity contribution in [2.45, 2.75) is 19.9 Å². The average molecular weight is 182 g/mol. The highest BCUT2D eigenvalue weighted by Crippen LogP contribution is 1.89. The maximum absolute atomic E-state index is 11.3. The topological polar surface area (TPSA) is 72.2 Å². The van der Waals surface area contributed by atoms with Crippen molar-refractivity contribution in [1.29, 1.82) is 0 Å². The van der Waals surface area contributed by atoms with Gasteiger partial charge in [-0.25, -0.2) is 9.48 Å². The first-order valence-corrected chi connectivity index (χ1v) is 3.96. The van der Waals surface area contributed by atoms with Crippen LogP contribution in [-0.2, 0) is 6.54 Å². The number of carboxylic acids is 1. The Balaban J connectivity index is 3.19. The van der Waals surface area contributed by atoms with Crippen LogP contribution in [0.15, 0.2) is 17.1 Å². The monoisotopic (exact) mass is 182 g/mol. The van der Waals surface area contributed by atoms with Gasteiger partial charge in [-0.15, -0.1) is 0 Å². The van der Waals surface area contributed by atoms with Gasteiger partial charge in [-0.3, -0.25) is 4.79 Å². The molecule has 0 aliphatic rings. The van der Waals surface area contributed by atoms with E-state index in [4.69, 9.17) is 5.11 Å². The molecule has 0 aromatic carbocycles. The van der Waals surface area contributed by atoms with Gasteiger partial charge >= 0.3 is 5.97 Å². The van der Waals surface area contributed by atoms with Crippen LogP contribution < -0.4 is 5.56 Å². The Labute approximate surface area is 74.6 Å². The molecule has 1 aromatic rings. The molecule has 0 amide bonds. The zero-order valence-electron chi connectivity index (χ0n) is 7.23. The number of nitrogens with zero attached hydrogens (tertiary/aromatic N) is 2. The SMILES string of the molecule is CCCn1nccc(C(=O)O)c1=O. The third-order valence-electron chi connectivity index (χ3n) is 1.58. The normalized spacial score (nSPS) is 9.92. The highest BCUT2D eigenvalue weighted by molar-refractivity contribution is 5.86. The molecule has 0 bridgehead atoms. The summed E-state index contributed by atoms with van der Waals surface area (Å²) in [4.78, 5) is 21.9. The van der Waals surface area contributed by atoms with E-state index in [0.29, 0.717) is 6.54 Å². The van der Waals surface area contributed by atoms with Gasteiger partial charge in [0.15, 0.2) is 0 Å². The van der Waals surface area contributed by atoms with E-state index in [1.54, 1.807) is 0 Å². The lowest BCUT2D eigenvalue weighted by Gasteiger charge is -2.01. The molecule has 0 aliphatic carbocycles. The number of aryl methyl sites for hydroxylation is 1. The number of hydrogen-bond acceptors (Lipinski definition) is 3. The summed E-state index contributed by atoms with van der Waals surface area (Å²) in [5.74, 6) is -1.21. The van der Waals surface area contributed by atoms with Crippen LogP contribution in [0, 0.1) is 0 Å². The standard InChI is InChI=1S/C8H10N2O3/c1-2-5-10-7(11)6(8(12)13)3-4-9-10/h3-4H,2,5H2,1H3,(H,12,13). The maximum atomic E-state index is 11.3. The third kappa shape index (κ3) is 1.93. The molecule has 0 saturated carbocycles. The number of rotatable bonds is 3. The van der Waals surface area contributed by atoms with Gasteiger partial charge in [0, 0.05) is 12.7 Å². The predicted octanol–water partition coefficient (Wildman–Crippen LogP) is 0.352. The Kier molecular flexibility index (Phi) is 2.79. The van der Waals surface area contributed by atoms with E-state index in [0.717, 1.165) is 11.1 Å². The fraction of sp³-hybridized carbons (Fsp3) is 0.375. The Hall–Kier alpha value is -1.65. The molecule has 70 valence electrons. The first-order valence-electron chi connectivity index (χ1n) is 3.96. The molecule has 0 spiro atoms. The van der Waals surface area contributed by atoms with Crippen molar-refractivity contribution >= 4 is 5.97 Å². The number of aromatic carboxylic acids is 1. The van der Waals surface area contributed by atoms with E-state index >= 15 is 0 Å². The Morgan fingerprint density at radius 3 is 2.92 bits per heavy atom. The van der Waals surface area contributed by atoms with E-state index in [2.05, 4.69) is 5.10 Å². The van der Waals surface area contributed by atoms with Crippen molar-refractivity contribution in [2.75, 3.05) is 0 Å². The van der Waals surface area contributed by atoms with Crippen LogP contribution >= 0.6 is 0 Å². The Bertz CT molecular complexity index is 370. The lowest BCUT2D eigenvalue weighted by atomic mass is 10.3. The second kappa shape index (κ2) is 3.84. The van der Waals surface area contributed by atoms with Crippen molar-refractivity contribution in [2.24, 2.45) is 0 Å². The number of aromatic nitrogens is 2. The fourth-order valence-corrected chi connectivity index (χ4v) is 0.985. The molecule has 13 heavy (non-hydrogen) atoms. The molecule has 5 heteroatoms. The van der Waals surface area contributed by atoms with Crippen LogP contribution in [0.3, 0.4) is 0 Å². The number of hydrogen-bond donors (Lipinski definition) is 1. The zero-order valence-corrected chi connectivity index (χ0v) is 7.23. The molecule has 1 N–H and O–H groups in total. The zero-order chi connectivity index (χ0) is 9.84. The van der Waals surface area contributed by atoms with Crippen LogP contribution in [0.25, 0.3) is 0 Å². The van der Waals surface area contributed by atoms with E-state index < -0.39 is 11.5 Å². The van der Waals surface area contributed by atoms with Gasteiger partial charge in [-0.05, 0) is 12.5 Å². The molecule has 1 heterocycles. The van der Waals surface area contributed by atoms with Crippen LogP contribution in [-0.4, -0.2) is 20.9 Å². The molecular weight excluding hydrogens is 172 g/mol. The molecule has 0 fully saturated rings. The molecule has 0 aliphatic heterocycles. The highest BCUT2D eigenvalue weighted by Gasteiger charge is 2.09. The van der Waals surface area contributed by atoms with Crippen LogP contribution in [0.1, 0.15) is 23.7 Å². The number of carboxylic acid groups (broad SMARTS) is 1. The summed E-state index contributed by atoms with van der Waals surface area (Å²) >= 11 is 0. The van der Waals surface area contributed by atoms with Gasteiger partial charge in [-0.1, -0.05) is 6.92 Å². The maximum Gasteiger partial charge on any atom is 0.341 e. The van der Waals surface area contributed by atoms with Crippen molar-refractivity contribution in [3.8, 4) is 0 Å². The first-order chi connectivity index (χ1) is 6.16. The summed E-state index contributed by atoms with van der Waals surface area (Å²) in [6, 6.07) is 1.21. The van der Waals surface area contributed by atoms with Crippen molar-refractivity contribution in [1.82, 2.24) is 9.78 Å². The van der Waals surface area contributed by atoms with Crippen LogP contribution in [0.4, 0.5) is 0 Å². The van der Waals surface area contributed by atoms with Crippen molar-refractivity contribution in [3.63, 3.8) is 0 Å². The fourth-order valence-electron chi connectivity index (χ4n) is 0.985. The smallest absolute Gasteiger partial charge is 0.341 e. The molecule has 0 atom stereocenters. The molecule has 1 aromatic heterocycles. The summed E-state index contributed by atoms with van der Waals surface area (Å²) in [6.07, 6.45) is 2.07. The Morgan fingerprint density at radius 1 is 1.69 bits per heavy atom. The summed E-state index contributed by atoms with van der Waals surface area (Å²) in [6.45, 7) is 2.33. The second-order valence-corrected chi connectivity index (χ2v) is 2.58. The lowest BCUT2D eigenvalue weighted by Crippen LogP contribution is -2.27. The van der Waals surface area contributed by atoms with Crippen molar-refractivity contribution in [3.05, 3.63) is 28.2 Å². The van der Waals surface area contributed by atoms with Crippen LogP contribution in [0.2, 0.25) is 0 Å². The van der Waals surface area contributed by atoms with E-state index in [1.807, 2.05) is 6.92 Å². The van der Waals surface area contributed by atoms with Gasteiger partial charge in [0.05, 0.1) is 0 Å². The van der Waals surface area contributed by atoms with Crippen LogP contribution in [0.5, 0.6) is 0 Å². The predicted molar refractivity (Wildman–Crippen MR) is 45.7 cm³/mol. The quantitative estimate of drug-likeness (QED) is 0.732. The summed E-state index contributed by atoms with van der Waals surface area (Å²) in [5, 5.41) is 12.4. The van der Waals surface area contributed by atoms with E-state index in [1.165, 1.54) is 12.3 Å². The van der Waals surface area contributed by atoms with Gasteiger partial charge in [-0.2, -0.15) is 5.10 Å². The van der Waals surface area contributed by atoms with Gasteiger partial charge in [0.1, 0.15) is 5.56 Å². The summed E-state index contributed by atoms with van der Waals surface area (Å²) in [7, 11) is 0. The van der Waals surface area contributed by atoms with E-state index in [9.17, 15) is 9.59 Å². The largest absolute Gasteiger partial charge is 0.477 e. The highest BCUT2D eigenvalue weighted by atomic mass is 16.4. The molecule has 0 unspecified atom stereocenters. The average Bonchev–Trinajstić information content (AvgIpc) is 2.08.